The topological polar surface area (TPSA) is 40.7 Å². The lowest BCUT2D eigenvalue weighted by molar-refractivity contribution is 0.406. The van der Waals surface area contributed by atoms with Crippen LogP contribution in [0.25, 0.3) is 0 Å². The van der Waals surface area contributed by atoms with E-state index in [4.69, 9.17) is 11.6 Å². The van der Waals surface area contributed by atoms with E-state index in [0.29, 0.717) is 12.0 Å². The number of H-pyrrole nitrogens is 1. The van der Waals surface area contributed by atoms with Crippen molar-refractivity contribution in [2.45, 2.75) is 26.4 Å². The van der Waals surface area contributed by atoms with Crippen LogP contribution in [0.2, 0.25) is 5.02 Å². The van der Waals surface area contributed by atoms with Gasteiger partial charge in [0.1, 0.15) is 5.82 Å². The molecular formula is C14H18ClN3. The molecule has 2 aromatic rings. The van der Waals surface area contributed by atoms with Crippen LogP contribution in [-0.4, -0.2) is 9.97 Å². The molecule has 2 N–H and O–H groups in total. The van der Waals surface area contributed by atoms with Crippen LogP contribution in [0.4, 0.5) is 0 Å². The van der Waals surface area contributed by atoms with Crippen LogP contribution in [0.15, 0.2) is 36.7 Å². The van der Waals surface area contributed by atoms with E-state index in [9.17, 15) is 0 Å². The molecule has 96 valence electrons. The van der Waals surface area contributed by atoms with E-state index < -0.39 is 0 Å². The fraction of sp³-hybridized carbons (Fsp3) is 0.357. The van der Waals surface area contributed by atoms with Crippen molar-refractivity contribution < 1.29 is 0 Å². The zero-order valence-electron chi connectivity index (χ0n) is 10.7. The van der Waals surface area contributed by atoms with Crippen LogP contribution in [0.3, 0.4) is 0 Å². The largest absolute Gasteiger partial charge is 0.348 e. The number of benzene rings is 1. The Morgan fingerprint density at radius 3 is 2.56 bits per heavy atom. The number of nitrogens with zero attached hydrogens (tertiary/aromatic N) is 1. The Kier molecular flexibility index (Phi) is 4.39. The van der Waals surface area contributed by atoms with Crippen molar-refractivity contribution in [3.05, 3.63) is 53.1 Å². The van der Waals surface area contributed by atoms with Gasteiger partial charge in [0.2, 0.25) is 0 Å². The van der Waals surface area contributed by atoms with Gasteiger partial charge in [0, 0.05) is 23.5 Å². The molecule has 0 saturated heterocycles. The van der Waals surface area contributed by atoms with Gasteiger partial charge in [-0.25, -0.2) is 4.98 Å². The van der Waals surface area contributed by atoms with E-state index in [-0.39, 0.29) is 0 Å². The van der Waals surface area contributed by atoms with Gasteiger partial charge >= 0.3 is 0 Å². The molecule has 1 heterocycles. The van der Waals surface area contributed by atoms with E-state index >= 15 is 0 Å². The number of nitrogens with one attached hydrogen (secondary N) is 2. The van der Waals surface area contributed by atoms with Gasteiger partial charge in [-0.15, -0.1) is 0 Å². The van der Waals surface area contributed by atoms with Crippen molar-refractivity contribution in [2.75, 3.05) is 0 Å². The molecule has 0 aliphatic rings. The first-order valence-electron chi connectivity index (χ1n) is 6.14. The molecule has 0 amide bonds. The summed E-state index contributed by atoms with van der Waals surface area (Å²) >= 11 is 5.92. The fourth-order valence-corrected chi connectivity index (χ4v) is 2.14. The Hall–Kier alpha value is -1.32. The van der Waals surface area contributed by atoms with Crippen molar-refractivity contribution in [3.63, 3.8) is 0 Å². The Bertz CT molecular complexity index is 462. The van der Waals surface area contributed by atoms with Gasteiger partial charge in [-0.3, -0.25) is 0 Å². The molecule has 4 heteroatoms. The molecule has 1 unspecified atom stereocenters. The second-order valence-corrected chi connectivity index (χ2v) is 5.13. The Morgan fingerprint density at radius 2 is 2.00 bits per heavy atom. The lowest BCUT2D eigenvalue weighted by Crippen LogP contribution is -2.25. The molecule has 0 aliphatic carbocycles. The van der Waals surface area contributed by atoms with Crippen molar-refractivity contribution >= 4 is 11.6 Å². The minimum atomic E-state index is 0.298. The lowest BCUT2D eigenvalue weighted by Gasteiger charge is -2.22. The van der Waals surface area contributed by atoms with E-state index in [1.165, 1.54) is 5.56 Å². The predicted molar refractivity (Wildman–Crippen MR) is 74.5 cm³/mol. The van der Waals surface area contributed by atoms with Gasteiger partial charge < -0.3 is 10.3 Å². The van der Waals surface area contributed by atoms with Gasteiger partial charge in [0.25, 0.3) is 0 Å². The zero-order valence-corrected chi connectivity index (χ0v) is 11.4. The molecule has 0 fully saturated rings. The second-order valence-electron chi connectivity index (χ2n) is 4.69. The Morgan fingerprint density at radius 1 is 1.28 bits per heavy atom. The summed E-state index contributed by atoms with van der Waals surface area (Å²) in [5.41, 5.74) is 1.25. The van der Waals surface area contributed by atoms with Crippen LogP contribution in [-0.2, 0) is 6.54 Å². The van der Waals surface area contributed by atoms with Crippen LogP contribution in [0.1, 0.15) is 31.3 Å². The maximum absolute atomic E-state index is 5.92. The Balaban J connectivity index is 2.06. The average molecular weight is 264 g/mol. The van der Waals surface area contributed by atoms with Crippen molar-refractivity contribution in [1.29, 1.82) is 0 Å². The molecule has 0 radical (unpaired) electrons. The molecule has 0 bridgehead atoms. The van der Waals surface area contributed by atoms with Crippen molar-refractivity contribution in [3.8, 4) is 0 Å². The highest BCUT2D eigenvalue weighted by molar-refractivity contribution is 6.30. The van der Waals surface area contributed by atoms with Crippen LogP contribution in [0.5, 0.6) is 0 Å². The van der Waals surface area contributed by atoms with Gasteiger partial charge in [-0.1, -0.05) is 37.6 Å². The molecule has 0 aliphatic heterocycles. The Labute approximate surface area is 113 Å². The number of rotatable bonds is 5. The third-order valence-corrected chi connectivity index (χ3v) is 3.19. The molecule has 0 spiro atoms. The summed E-state index contributed by atoms with van der Waals surface area (Å²) in [5, 5.41) is 4.29. The molecule has 1 atom stereocenters. The normalized spacial score (nSPS) is 12.9. The molecule has 0 saturated carbocycles. The molecular weight excluding hydrogens is 246 g/mol. The smallest absolute Gasteiger partial charge is 0.120 e. The van der Waals surface area contributed by atoms with Crippen molar-refractivity contribution in [2.24, 2.45) is 5.92 Å². The van der Waals surface area contributed by atoms with Gasteiger partial charge in [-0.05, 0) is 23.6 Å². The number of halogens is 1. The van der Waals surface area contributed by atoms with E-state index in [1.807, 2.05) is 18.3 Å². The highest BCUT2D eigenvalue weighted by Crippen LogP contribution is 2.23. The van der Waals surface area contributed by atoms with Crippen molar-refractivity contribution in [1.82, 2.24) is 15.3 Å². The number of aromatic amines is 1. The maximum Gasteiger partial charge on any atom is 0.120 e. The summed E-state index contributed by atoms with van der Waals surface area (Å²) in [4.78, 5) is 7.31. The van der Waals surface area contributed by atoms with Gasteiger partial charge in [0.15, 0.2) is 0 Å². The predicted octanol–water partition coefficient (Wildman–Crippen LogP) is 3.55. The SMILES string of the molecule is CC(C)C(NCc1ncc[nH]1)c1ccc(Cl)cc1. The zero-order chi connectivity index (χ0) is 13.0. The number of hydrogen-bond donors (Lipinski definition) is 2. The summed E-state index contributed by atoms with van der Waals surface area (Å²) < 4.78 is 0. The highest BCUT2D eigenvalue weighted by Gasteiger charge is 2.15. The van der Waals surface area contributed by atoms with E-state index in [0.717, 1.165) is 17.4 Å². The summed E-state index contributed by atoms with van der Waals surface area (Å²) in [6, 6.07) is 8.30. The van der Waals surface area contributed by atoms with E-state index in [1.54, 1.807) is 6.20 Å². The van der Waals surface area contributed by atoms with E-state index in [2.05, 4.69) is 41.3 Å². The molecule has 18 heavy (non-hydrogen) atoms. The first kappa shape index (κ1) is 13.1. The van der Waals surface area contributed by atoms with Crippen LogP contribution < -0.4 is 5.32 Å². The molecule has 1 aromatic heterocycles. The average Bonchev–Trinajstić information content (AvgIpc) is 2.84. The third-order valence-electron chi connectivity index (χ3n) is 2.94. The maximum atomic E-state index is 5.92. The second kappa shape index (κ2) is 6.03. The summed E-state index contributed by atoms with van der Waals surface area (Å²) in [6.07, 6.45) is 3.60. The van der Waals surface area contributed by atoms with Gasteiger partial charge in [-0.2, -0.15) is 0 Å². The minimum absolute atomic E-state index is 0.298. The van der Waals surface area contributed by atoms with Crippen LogP contribution in [0, 0.1) is 5.92 Å². The number of hydrogen-bond acceptors (Lipinski definition) is 2. The molecule has 2 rings (SSSR count). The standard InChI is InChI=1S/C14H18ClN3/c1-10(2)14(11-3-5-12(15)6-4-11)18-9-13-16-7-8-17-13/h3-8,10,14,18H,9H2,1-2H3,(H,16,17). The summed E-state index contributed by atoms with van der Waals surface area (Å²) in [5.74, 6) is 1.45. The summed E-state index contributed by atoms with van der Waals surface area (Å²) in [7, 11) is 0. The molecule has 1 aromatic carbocycles. The number of aromatic nitrogens is 2. The quantitative estimate of drug-likeness (QED) is 0.866. The third kappa shape index (κ3) is 3.34. The first-order chi connectivity index (χ1) is 8.66. The fourth-order valence-electron chi connectivity index (χ4n) is 2.01. The minimum Gasteiger partial charge on any atom is -0.348 e. The monoisotopic (exact) mass is 263 g/mol. The summed E-state index contributed by atoms with van der Waals surface area (Å²) in [6.45, 7) is 5.14. The lowest BCUT2D eigenvalue weighted by atomic mass is 9.96. The highest BCUT2D eigenvalue weighted by atomic mass is 35.5. The first-order valence-corrected chi connectivity index (χ1v) is 6.51. The molecule has 3 nitrogen and oxygen atoms in total. The number of imidazole rings is 1. The van der Waals surface area contributed by atoms with Gasteiger partial charge in [0.05, 0.1) is 6.54 Å². The van der Waals surface area contributed by atoms with Crippen LogP contribution >= 0.6 is 11.6 Å².